The summed E-state index contributed by atoms with van der Waals surface area (Å²) in [5.41, 5.74) is -0.0314. The molecule has 0 spiro atoms. The topological polar surface area (TPSA) is 74.7 Å². The molecule has 0 aliphatic carbocycles. The van der Waals surface area contributed by atoms with Crippen LogP contribution >= 0.6 is 0 Å². The first kappa shape index (κ1) is 16.1. The minimum atomic E-state index is -3.93. The van der Waals surface area contributed by atoms with E-state index >= 15 is 0 Å². The molecule has 0 rings (SSSR count). The Balaban J connectivity index is 4.47. The van der Waals surface area contributed by atoms with E-state index in [1.54, 1.807) is 18.9 Å². The van der Waals surface area contributed by atoms with E-state index in [4.69, 9.17) is 4.55 Å². The zero-order valence-electron chi connectivity index (χ0n) is 10.9. The highest BCUT2D eigenvalue weighted by Gasteiger charge is 2.27. The maximum atomic E-state index is 11.7. The molecule has 0 bridgehead atoms. The Bertz CT molecular complexity index is 398. The standard InChI is InChI=1S/C11H21NO4S/c1-9(2)10(13)12(5)11(3,4)7-6-8-17(14,15)16/h1,6-8H2,2-5H3,(H,14,15,16). The number of rotatable bonds is 6. The Hall–Kier alpha value is -0.880. The van der Waals surface area contributed by atoms with Gasteiger partial charge in [-0.2, -0.15) is 8.42 Å². The summed E-state index contributed by atoms with van der Waals surface area (Å²) in [4.78, 5) is 13.2. The van der Waals surface area contributed by atoms with Gasteiger partial charge in [-0.05, 0) is 33.6 Å². The van der Waals surface area contributed by atoms with Crippen molar-refractivity contribution in [2.75, 3.05) is 12.8 Å². The van der Waals surface area contributed by atoms with Crippen molar-refractivity contribution >= 4 is 16.0 Å². The first-order valence-electron chi connectivity index (χ1n) is 5.36. The average Bonchev–Trinajstić information content (AvgIpc) is 2.12. The van der Waals surface area contributed by atoms with Crippen molar-refractivity contribution in [3.05, 3.63) is 12.2 Å². The monoisotopic (exact) mass is 263 g/mol. The molecule has 1 amide bonds. The first-order chi connectivity index (χ1) is 7.47. The second-order valence-electron chi connectivity index (χ2n) is 4.85. The zero-order valence-corrected chi connectivity index (χ0v) is 11.7. The van der Waals surface area contributed by atoms with Gasteiger partial charge in [-0.25, -0.2) is 0 Å². The summed E-state index contributed by atoms with van der Waals surface area (Å²) in [6, 6.07) is 0. The Morgan fingerprint density at radius 1 is 1.41 bits per heavy atom. The Morgan fingerprint density at radius 2 is 1.88 bits per heavy atom. The highest BCUT2D eigenvalue weighted by molar-refractivity contribution is 7.85. The van der Waals surface area contributed by atoms with Crippen LogP contribution in [0, 0.1) is 0 Å². The molecule has 0 aliphatic heterocycles. The van der Waals surface area contributed by atoms with E-state index in [0.717, 1.165) is 0 Å². The van der Waals surface area contributed by atoms with E-state index in [1.165, 1.54) is 0 Å². The van der Waals surface area contributed by atoms with Crippen LogP contribution in [0.1, 0.15) is 33.6 Å². The van der Waals surface area contributed by atoms with Gasteiger partial charge in [0.1, 0.15) is 0 Å². The fourth-order valence-electron chi connectivity index (χ4n) is 1.42. The van der Waals surface area contributed by atoms with Crippen molar-refractivity contribution in [3.8, 4) is 0 Å². The molecule has 0 fully saturated rings. The van der Waals surface area contributed by atoms with Crippen LogP contribution in [0.2, 0.25) is 0 Å². The highest BCUT2D eigenvalue weighted by Crippen LogP contribution is 2.21. The van der Waals surface area contributed by atoms with E-state index in [9.17, 15) is 13.2 Å². The number of likely N-dealkylation sites (N-methyl/N-ethyl adjacent to an activating group) is 1. The molecule has 0 heterocycles. The second-order valence-corrected chi connectivity index (χ2v) is 6.42. The van der Waals surface area contributed by atoms with Crippen LogP contribution < -0.4 is 0 Å². The SMILES string of the molecule is C=C(C)C(=O)N(C)C(C)(C)CCCS(=O)(=O)O. The van der Waals surface area contributed by atoms with E-state index < -0.39 is 15.7 Å². The van der Waals surface area contributed by atoms with Gasteiger partial charge in [0.2, 0.25) is 5.91 Å². The third kappa shape index (κ3) is 5.83. The van der Waals surface area contributed by atoms with Crippen LogP contribution in [0.4, 0.5) is 0 Å². The largest absolute Gasteiger partial charge is 0.337 e. The summed E-state index contributed by atoms with van der Waals surface area (Å²) in [7, 11) is -2.27. The second kappa shape index (κ2) is 5.64. The molecule has 0 saturated carbocycles. The minimum absolute atomic E-state index is 0.165. The molecule has 0 atom stereocenters. The molecule has 0 aliphatic rings. The predicted octanol–water partition coefficient (Wildman–Crippen LogP) is 1.47. The van der Waals surface area contributed by atoms with Gasteiger partial charge in [-0.15, -0.1) is 0 Å². The van der Waals surface area contributed by atoms with Crippen molar-refractivity contribution < 1.29 is 17.8 Å². The molecule has 6 heteroatoms. The molecule has 5 nitrogen and oxygen atoms in total. The lowest BCUT2D eigenvalue weighted by Crippen LogP contribution is -2.45. The van der Waals surface area contributed by atoms with E-state index in [1.807, 2.05) is 13.8 Å². The molecule has 0 aromatic heterocycles. The normalized spacial score (nSPS) is 12.3. The Kier molecular flexibility index (Phi) is 5.35. The number of nitrogens with zero attached hydrogens (tertiary/aromatic N) is 1. The highest BCUT2D eigenvalue weighted by atomic mass is 32.2. The fourth-order valence-corrected chi connectivity index (χ4v) is 1.93. The van der Waals surface area contributed by atoms with Gasteiger partial charge in [-0.1, -0.05) is 6.58 Å². The summed E-state index contributed by atoms with van der Waals surface area (Å²) < 4.78 is 29.8. The van der Waals surface area contributed by atoms with Gasteiger partial charge >= 0.3 is 0 Å². The van der Waals surface area contributed by atoms with Gasteiger partial charge in [-0.3, -0.25) is 9.35 Å². The number of amides is 1. The summed E-state index contributed by atoms with van der Waals surface area (Å²) in [6.45, 7) is 8.90. The number of carbonyl (C=O) groups excluding carboxylic acids is 1. The van der Waals surface area contributed by atoms with Gasteiger partial charge in [0.05, 0.1) is 5.75 Å². The van der Waals surface area contributed by atoms with E-state index in [0.29, 0.717) is 18.4 Å². The number of hydrogen-bond acceptors (Lipinski definition) is 3. The molecule has 0 radical (unpaired) electrons. The molecule has 0 aromatic carbocycles. The fraction of sp³-hybridized carbons (Fsp3) is 0.727. The lowest BCUT2D eigenvalue weighted by molar-refractivity contribution is -0.130. The van der Waals surface area contributed by atoms with Crippen molar-refractivity contribution in [1.29, 1.82) is 0 Å². The van der Waals surface area contributed by atoms with Gasteiger partial charge in [0, 0.05) is 18.2 Å². The van der Waals surface area contributed by atoms with E-state index in [2.05, 4.69) is 6.58 Å². The van der Waals surface area contributed by atoms with Crippen molar-refractivity contribution in [2.24, 2.45) is 0 Å². The minimum Gasteiger partial charge on any atom is -0.337 e. The third-order valence-corrected chi connectivity index (χ3v) is 3.57. The summed E-state index contributed by atoms with van der Waals surface area (Å²) in [6.07, 6.45) is 0.794. The Labute approximate surface area is 103 Å². The third-order valence-electron chi connectivity index (χ3n) is 2.77. The quantitative estimate of drug-likeness (QED) is 0.581. The zero-order chi connectivity index (χ0) is 13.9. The van der Waals surface area contributed by atoms with E-state index in [-0.39, 0.29) is 11.7 Å². The summed E-state index contributed by atoms with van der Waals surface area (Å²) in [5.74, 6) is -0.451. The van der Waals surface area contributed by atoms with Crippen LogP contribution in [0.5, 0.6) is 0 Å². The molecule has 17 heavy (non-hydrogen) atoms. The van der Waals surface area contributed by atoms with Crippen molar-refractivity contribution in [1.82, 2.24) is 4.90 Å². The molecule has 0 aromatic rings. The first-order valence-corrected chi connectivity index (χ1v) is 6.97. The molecule has 0 unspecified atom stereocenters. The summed E-state index contributed by atoms with van der Waals surface area (Å²) >= 11 is 0. The number of hydrogen-bond donors (Lipinski definition) is 1. The maximum absolute atomic E-state index is 11.7. The Morgan fingerprint density at radius 3 is 2.24 bits per heavy atom. The lowest BCUT2D eigenvalue weighted by Gasteiger charge is -2.36. The van der Waals surface area contributed by atoms with Crippen LogP contribution in [0.25, 0.3) is 0 Å². The van der Waals surface area contributed by atoms with Gasteiger partial charge in [0.15, 0.2) is 0 Å². The summed E-state index contributed by atoms with van der Waals surface area (Å²) in [5, 5.41) is 0. The van der Waals surface area contributed by atoms with Crippen LogP contribution in [-0.4, -0.2) is 42.1 Å². The van der Waals surface area contributed by atoms with Gasteiger partial charge in [0.25, 0.3) is 10.1 Å². The van der Waals surface area contributed by atoms with Crippen molar-refractivity contribution in [3.63, 3.8) is 0 Å². The van der Waals surface area contributed by atoms with Gasteiger partial charge < -0.3 is 4.90 Å². The molecule has 1 N–H and O–H groups in total. The lowest BCUT2D eigenvalue weighted by atomic mass is 9.96. The molecule has 0 saturated heterocycles. The average molecular weight is 263 g/mol. The molecular weight excluding hydrogens is 242 g/mol. The predicted molar refractivity (Wildman–Crippen MR) is 67.3 cm³/mol. The van der Waals surface area contributed by atoms with Crippen molar-refractivity contribution in [2.45, 2.75) is 39.2 Å². The van der Waals surface area contributed by atoms with Crippen LogP contribution in [-0.2, 0) is 14.9 Å². The maximum Gasteiger partial charge on any atom is 0.264 e. The molecule has 100 valence electrons. The number of carbonyl (C=O) groups is 1. The van der Waals surface area contributed by atoms with Crippen LogP contribution in [0.3, 0.4) is 0 Å². The molecular formula is C11H21NO4S. The van der Waals surface area contributed by atoms with Crippen LogP contribution in [0.15, 0.2) is 12.2 Å². The smallest absolute Gasteiger partial charge is 0.264 e.